The smallest absolute Gasteiger partial charge is 0.357 e. The summed E-state index contributed by atoms with van der Waals surface area (Å²) in [5.41, 5.74) is 0.395. The maximum atomic E-state index is 11.4. The van der Waals surface area contributed by atoms with Gasteiger partial charge in [0.1, 0.15) is 0 Å². The van der Waals surface area contributed by atoms with Gasteiger partial charge in [-0.25, -0.2) is 9.78 Å². The van der Waals surface area contributed by atoms with E-state index in [0.717, 1.165) is 18.1 Å². The Balaban J connectivity index is 2.21. The lowest BCUT2D eigenvalue weighted by Gasteiger charge is -2.02. The quantitative estimate of drug-likeness (QED) is 0.558. The summed E-state index contributed by atoms with van der Waals surface area (Å²) in [6, 6.07) is 0. The van der Waals surface area contributed by atoms with Crippen molar-refractivity contribution in [3.8, 4) is 0 Å². The highest BCUT2D eigenvalue weighted by Gasteiger charge is 2.10. The van der Waals surface area contributed by atoms with Crippen molar-refractivity contribution in [3.63, 3.8) is 0 Å². The lowest BCUT2D eigenvalue weighted by atomic mass is 10.2. The Labute approximate surface area is 117 Å². The molecule has 0 saturated carbocycles. The fraction of sp³-hybridized carbons (Fsp3) is 0.667. The van der Waals surface area contributed by atoms with Crippen LogP contribution in [0.3, 0.4) is 0 Å². The van der Waals surface area contributed by atoms with Gasteiger partial charge >= 0.3 is 5.97 Å². The van der Waals surface area contributed by atoms with Gasteiger partial charge in [-0.15, -0.1) is 11.3 Å². The van der Waals surface area contributed by atoms with Crippen molar-refractivity contribution in [1.29, 1.82) is 0 Å². The minimum absolute atomic E-state index is 0.346. The van der Waals surface area contributed by atoms with Gasteiger partial charge in [0.15, 0.2) is 10.8 Å². The molecule has 1 aromatic heterocycles. The summed E-state index contributed by atoms with van der Waals surface area (Å²) in [5, 5.41) is 5.76. The molecule has 0 atom stereocenters. The van der Waals surface area contributed by atoms with Crippen LogP contribution in [0.2, 0.25) is 0 Å². The molecule has 0 aliphatic carbocycles. The van der Waals surface area contributed by atoms with E-state index in [1.54, 1.807) is 12.3 Å². The Morgan fingerprint density at radius 2 is 2.33 bits per heavy atom. The van der Waals surface area contributed by atoms with Gasteiger partial charge in [-0.3, -0.25) is 0 Å². The van der Waals surface area contributed by atoms with Crippen LogP contribution in [0.1, 0.15) is 36.7 Å². The average molecular weight is 288 g/mol. The van der Waals surface area contributed by atoms with Gasteiger partial charge in [0.05, 0.1) is 6.61 Å². The first-order valence-electron chi connectivity index (χ1n) is 6.13. The number of nitrogens with zero attached hydrogens (tertiary/aromatic N) is 1. The molecule has 6 heteroatoms. The van der Waals surface area contributed by atoms with E-state index < -0.39 is 0 Å². The number of esters is 1. The molecule has 102 valence electrons. The first-order chi connectivity index (χ1) is 8.77. The van der Waals surface area contributed by atoms with Gasteiger partial charge in [0, 0.05) is 11.9 Å². The molecule has 0 saturated heterocycles. The van der Waals surface area contributed by atoms with E-state index in [2.05, 4.69) is 16.6 Å². The van der Waals surface area contributed by atoms with Crippen molar-refractivity contribution in [2.75, 3.05) is 30.5 Å². The van der Waals surface area contributed by atoms with Crippen LogP contribution in [0.15, 0.2) is 5.38 Å². The molecule has 0 amide bonds. The van der Waals surface area contributed by atoms with Crippen LogP contribution in [0.25, 0.3) is 0 Å². The lowest BCUT2D eigenvalue weighted by molar-refractivity contribution is 0.0520. The first kappa shape index (κ1) is 15.3. The van der Waals surface area contributed by atoms with E-state index >= 15 is 0 Å². The Bertz CT molecular complexity index is 356. The average Bonchev–Trinajstić information content (AvgIpc) is 2.83. The number of rotatable bonds is 9. The number of nitrogens with one attached hydrogen (secondary N) is 1. The van der Waals surface area contributed by atoms with Gasteiger partial charge in [-0.2, -0.15) is 11.8 Å². The number of thioether (sulfide) groups is 1. The maximum absolute atomic E-state index is 11.4. The molecule has 4 nitrogen and oxygen atoms in total. The number of carbonyl (C=O) groups is 1. The molecular weight excluding hydrogens is 268 g/mol. The third-order valence-electron chi connectivity index (χ3n) is 2.29. The molecular formula is C12H20N2O2S2. The molecule has 0 spiro atoms. The molecule has 0 aromatic carbocycles. The Hall–Kier alpha value is -0.750. The second kappa shape index (κ2) is 9.22. The predicted octanol–water partition coefficient (Wildman–Crippen LogP) is 3.27. The van der Waals surface area contributed by atoms with Crippen LogP contribution in [0.5, 0.6) is 0 Å². The van der Waals surface area contributed by atoms with Crippen molar-refractivity contribution in [2.24, 2.45) is 0 Å². The van der Waals surface area contributed by atoms with Crippen molar-refractivity contribution >= 4 is 34.2 Å². The number of ether oxygens (including phenoxy) is 1. The van der Waals surface area contributed by atoms with Crippen molar-refractivity contribution in [3.05, 3.63) is 11.1 Å². The topological polar surface area (TPSA) is 51.2 Å². The molecule has 1 aromatic rings. The lowest BCUT2D eigenvalue weighted by Crippen LogP contribution is -2.06. The van der Waals surface area contributed by atoms with Crippen molar-refractivity contribution in [1.82, 2.24) is 4.98 Å². The van der Waals surface area contributed by atoms with Crippen LogP contribution in [-0.2, 0) is 4.74 Å². The highest BCUT2D eigenvalue weighted by atomic mass is 32.2. The molecule has 1 N–H and O–H groups in total. The van der Waals surface area contributed by atoms with Crippen molar-refractivity contribution < 1.29 is 9.53 Å². The normalized spacial score (nSPS) is 10.3. The van der Waals surface area contributed by atoms with E-state index in [0.29, 0.717) is 12.3 Å². The van der Waals surface area contributed by atoms with Crippen LogP contribution < -0.4 is 5.32 Å². The van der Waals surface area contributed by atoms with Crippen LogP contribution in [0.4, 0.5) is 5.13 Å². The third kappa shape index (κ3) is 5.73. The Morgan fingerprint density at radius 1 is 1.50 bits per heavy atom. The number of thiazole rings is 1. The standard InChI is InChI=1S/C12H20N2O2S2/c1-3-16-11(15)10-9-18-12(14-10)13-7-5-4-6-8-17-2/h9H,3-8H2,1-2H3,(H,13,14). The second-order valence-corrected chi connectivity index (χ2v) is 5.58. The largest absolute Gasteiger partial charge is 0.461 e. The van der Waals surface area contributed by atoms with Gasteiger partial charge in [-0.1, -0.05) is 6.42 Å². The highest BCUT2D eigenvalue weighted by molar-refractivity contribution is 7.98. The number of hydrogen-bond acceptors (Lipinski definition) is 6. The third-order valence-corrected chi connectivity index (χ3v) is 3.79. The summed E-state index contributed by atoms with van der Waals surface area (Å²) in [6.45, 7) is 3.08. The van der Waals surface area contributed by atoms with Crippen LogP contribution in [-0.4, -0.2) is 36.1 Å². The Kier molecular flexibility index (Phi) is 7.84. The van der Waals surface area contributed by atoms with Gasteiger partial charge in [-0.05, 0) is 31.8 Å². The zero-order valence-electron chi connectivity index (χ0n) is 10.9. The molecule has 1 rings (SSSR count). The molecule has 0 unspecified atom stereocenters. The molecule has 1 heterocycles. The number of unbranched alkanes of at least 4 members (excludes halogenated alkanes) is 2. The summed E-state index contributed by atoms with van der Waals surface area (Å²) >= 11 is 3.33. The molecule has 18 heavy (non-hydrogen) atoms. The molecule has 0 aliphatic heterocycles. The van der Waals surface area contributed by atoms with E-state index in [1.807, 2.05) is 11.8 Å². The van der Waals surface area contributed by atoms with Gasteiger partial charge in [0.2, 0.25) is 0 Å². The van der Waals surface area contributed by atoms with E-state index in [9.17, 15) is 4.79 Å². The molecule has 0 radical (unpaired) electrons. The molecule has 0 aliphatic rings. The van der Waals surface area contributed by atoms with Gasteiger partial charge in [0.25, 0.3) is 0 Å². The zero-order valence-corrected chi connectivity index (χ0v) is 12.5. The summed E-state index contributed by atoms with van der Waals surface area (Å²) in [5.74, 6) is 0.881. The minimum Gasteiger partial charge on any atom is -0.461 e. The summed E-state index contributed by atoms with van der Waals surface area (Å²) in [6.07, 6.45) is 5.75. The van der Waals surface area contributed by atoms with E-state index in [-0.39, 0.29) is 5.97 Å². The van der Waals surface area contributed by atoms with Crippen molar-refractivity contribution in [2.45, 2.75) is 26.2 Å². The number of hydrogen-bond donors (Lipinski definition) is 1. The molecule has 0 fully saturated rings. The molecule has 0 bridgehead atoms. The summed E-state index contributed by atoms with van der Waals surface area (Å²) in [4.78, 5) is 15.6. The summed E-state index contributed by atoms with van der Waals surface area (Å²) in [7, 11) is 0. The van der Waals surface area contributed by atoms with Gasteiger partial charge < -0.3 is 10.1 Å². The maximum Gasteiger partial charge on any atom is 0.357 e. The highest BCUT2D eigenvalue weighted by Crippen LogP contribution is 2.16. The fourth-order valence-corrected chi connectivity index (χ4v) is 2.60. The van der Waals surface area contributed by atoms with E-state index in [4.69, 9.17) is 4.74 Å². The zero-order chi connectivity index (χ0) is 13.2. The SMILES string of the molecule is CCOC(=O)c1csc(NCCCCCSC)n1. The number of aromatic nitrogens is 1. The minimum atomic E-state index is -0.346. The van der Waals surface area contributed by atoms with Crippen LogP contribution >= 0.6 is 23.1 Å². The van der Waals surface area contributed by atoms with E-state index in [1.165, 1.54) is 29.9 Å². The summed E-state index contributed by atoms with van der Waals surface area (Å²) < 4.78 is 4.89. The first-order valence-corrected chi connectivity index (χ1v) is 8.40. The number of anilines is 1. The Morgan fingerprint density at radius 3 is 3.06 bits per heavy atom. The fourth-order valence-electron chi connectivity index (χ4n) is 1.40. The number of carbonyl (C=O) groups excluding carboxylic acids is 1. The monoisotopic (exact) mass is 288 g/mol. The van der Waals surface area contributed by atoms with Crippen LogP contribution in [0, 0.1) is 0 Å². The second-order valence-electron chi connectivity index (χ2n) is 3.74. The predicted molar refractivity (Wildman–Crippen MR) is 78.8 cm³/mol.